The highest BCUT2D eigenvalue weighted by atomic mass is 16.6. The lowest BCUT2D eigenvalue weighted by atomic mass is 9.75. The van der Waals surface area contributed by atoms with E-state index in [4.69, 9.17) is 10.2 Å². The molecule has 28 heavy (non-hydrogen) atoms. The summed E-state index contributed by atoms with van der Waals surface area (Å²) in [6.45, 7) is 5.77. The zero-order valence-electron chi connectivity index (χ0n) is 15.7. The Morgan fingerprint density at radius 3 is 2.68 bits per heavy atom. The van der Waals surface area contributed by atoms with Crippen LogP contribution < -0.4 is 11.2 Å². The van der Waals surface area contributed by atoms with E-state index in [1.54, 1.807) is 6.92 Å². The molecule has 2 aromatic rings. The third-order valence-corrected chi connectivity index (χ3v) is 4.63. The number of nitrogens with two attached hydrogens (primary N) is 1. The summed E-state index contributed by atoms with van der Waals surface area (Å²) in [5, 5.41) is 15.1. The van der Waals surface area contributed by atoms with Gasteiger partial charge in [0.05, 0.1) is 10.6 Å². The molecule has 9 heteroatoms. The van der Waals surface area contributed by atoms with Crippen molar-refractivity contribution >= 4 is 23.2 Å². The van der Waals surface area contributed by atoms with E-state index < -0.39 is 16.7 Å². The third kappa shape index (κ3) is 3.64. The van der Waals surface area contributed by atoms with Gasteiger partial charge in [-0.1, -0.05) is 19.9 Å². The van der Waals surface area contributed by atoms with Crippen LogP contribution in [0.4, 0.5) is 5.69 Å². The van der Waals surface area contributed by atoms with Crippen molar-refractivity contribution < 1.29 is 18.9 Å². The molecule has 146 valence electrons. The number of carbonyl (C=O) groups excluding carboxylic acids is 2. The van der Waals surface area contributed by atoms with Gasteiger partial charge in [0.15, 0.2) is 5.76 Å². The van der Waals surface area contributed by atoms with Crippen LogP contribution in [0.25, 0.3) is 0 Å². The van der Waals surface area contributed by atoms with Gasteiger partial charge in [0.1, 0.15) is 5.76 Å². The molecule has 1 aromatic carbocycles. The van der Waals surface area contributed by atoms with Gasteiger partial charge in [-0.3, -0.25) is 19.7 Å². The molecule has 1 aliphatic rings. The average molecular weight is 384 g/mol. The van der Waals surface area contributed by atoms with E-state index >= 15 is 0 Å². The van der Waals surface area contributed by atoms with Crippen molar-refractivity contribution in [2.24, 2.45) is 16.3 Å². The van der Waals surface area contributed by atoms with E-state index in [-0.39, 0.29) is 22.4 Å². The average Bonchev–Trinajstić information content (AvgIpc) is 2.94. The molecule has 1 aliphatic carbocycles. The maximum Gasteiger partial charge on any atom is 0.284 e. The summed E-state index contributed by atoms with van der Waals surface area (Å²) in [5.41, 5.74) is 9.40. The summed E-state index contributed by atoms with van der Waals surface area (Å²) < 4.78 is 5.65. The number of fused-ring (bicyclic) bond motifs is 1. The van der Waals surface area contributed by atoms with Crippen molar-refractivity contribution in [1.82, 2.24) is 5.43 Å². The standard InChI is InChI=1S/C19H20N4O5/c1-10-15-13(8-19(2,3)9-14(15)28-16(10)17(20)24)21-22-18(25)11-5-4-6-12(7-11)23(26)27/h4-7H,8-9H2,1-3H3,(H2,20,24)(H,22,25)/b21-13+. The molecule has 3 N–H and O–H groups in total. The van der Waals surface area contributed by atoms with Crippen molar-refractivity contribution in [1.29, 1.82) is 0 Å². The van der Waals surface area contributed by atoms with Crippen molar-refractivity contribution in [3.63, 3.8) is 0 Å². The van der Waals surface area contributed by atoms with Gasteiger partial charge in [0, 0.05) is 35.2 Å². The monoisotopic (exact) mass is 384 g/mol. The molecule has 0 saturated carbocycles. The number of furan rings is 1. The second kappa shape index (κ2) is 6.91. The van der Waals surface area contributed by atoms with Crippen molar-refractivity contribution in [3.05, 3.63) is 62.6 Å². The molecule has 1 heterocycles. The first-order valence-corrected chi connectivity index (χ1v) is 8.63. The molecule has 9 nitrogen and oxygen atoms in total. The van der Waals surface area contributed by atoms with Gasteiger partial charge in [0.2, 0.25) is 0 Å². The Bertz CT molecular complexity index is 1020. The van der Waals surface area contributed by atoms with Gasteiger partial charge in [0.25, 0.3) is 17.5 Å². The molecule has 0 unspecified atom stereocenters. The van der Waals surface area contributed by atoms with Crippen molar-refractivity contribution in [2.75, 3.05) is 0 Å². The number of benzene rings is 1. The Morgan fingerprint density at radius 2 is 2.04 bits per heavy atom. The highest BCUT2D eigenvalue weighted by molar-refractivity contribution is 6.07. The lowest BCUT2D eigenvalue weighted by Crippen LogP contribution is -2.29. The van der Waals surface area contributed by atoms with Gasteiger partial charge in [-0.15, -0.1) is 0 Å². The number of hydrogen-bond acceptors (Lipinski definition) is 6. The Morgan fingerprint density at radius 1 is 1.32 bits per heavy atom. The van der Waals surface area contributed by atoms with Crippen molar-refractivity contribution in [3.8, 4) is 0 Å². The van der Waals surface area contributed by atoms with E-state index in [9.17, 15) is 19.7 Å². The minimum Gasteiger partial charge on any atom is -0.455 e. The van der Waals surface area contributed by atoms with E-state index in [0.29, 0.717) is 35.4 Å². The lowest BCUT2D eigenvalue weighted by Gasteiger charge is -2.29. The van der Waals surface area contributed by atoms with Crippen LogP contribution in [-0.2, 0) is 6.42 Å². The van der Waals surface area contributed by atoms with E-state index in [0.717, 1.165) is 0 Å². The van der Waals surface area contributed by atoms with Crippen LogP contribution in [0.15, 0.2) is 33.8 Å². The first kappa shape index (κ1) is 19.3. The molecule has 0 fully saturated rings. The predicted molar refractivity (Wildman–Crippen MR) is 101 cm³/mol. The summed E-state index contributed by atoms with van der Waals surface area (Å²) in [6, 6.07) is 5.38. The number of nitro benzene ring substituents is 1. The highest BCUT2D eigenvalue weighted by Gasteiger charge is 2.35. The van der Waals surface area contributed by atoms with Gasteiger partial charge < -0.3 is 10.2 Å². The topological polar surface area (TPSA) is 141 Å². The van der Waals surface area contributed by atoms with Crippen LogP contribution in [0.1, 0.15) is 58.1 Å². The van der Waals surface area contributed by atoms with E-state index in [1.165, 1.54) is 24.3 Å². The number of hydrazone groups is 1. The number of amides is 2. The molecule has 0 bridgehead atoms. The lowest BCUT2D eigenvalue weighted by molar-refractivity contribution is -0.384. The fourth-order valence-electron chi connectivity index (χ4n) is 3.39. The number of non-ortho nitro benzene ring substituents is 1. The summed E-state index contributed by atoms with van der Waals surface area (Å²) in [6.07, 6.45) is 1.15. The largest absolute Gasteiger partial charge is 0.455 e. The molecule has 0 saturated heterocycles. The Labute approximate surface area is 160 Å². The summed E-state index contributed by atoms with van der Waals surface area (Å²) >= 11 is 0. The number of nitro groups is 1. The fraction of sp³-hybridized carbons (Fsp3) is 0.316. The molecule has 0 aliphatic heterocycles. The maximum absolute atomic E-state index is 12.4. The van der Waals surface area contributed by atoms with E-state index in [1.807, 2.05) is 13.8 Å². The van der Waals surface area contributed by atoms with Crippen molar-refractivity contribution in [2.45, 2.75) is 33.6 Å². The number of primary amides is 1. The second-order valence-corrected chi connectivity index (χ2v) is 7.54. The highest BCUT2D eigenvalue weighted by Crippen LogP contribution is 2.38. The Hall–Kier alpha value is -3.49. The molecule has 0 spiro atoms. The molecule has 0 radical (unpaired) electrons. The zero-order chi connectivity index (χ0) is 20.6. The fourth-order valence-corrected chi connectivity index (χ4v) is 3.39. The van der Waals surface area contributed by atoms with E-state index in [2.05, 4.69) is 10.5 Å². The molecule has 0 atom stereocenters. The summed E-state index contributed by atoms with van der Waals surface area (Å²) in [7, 11) is 0. The van der Waals surface area contributed by atoms with Crippen LogP contribution in [-0.4, -0.2) is 22.4 Å². The van der Waals surface area contributed by atoms with Gasteiger partial charge >= 0.3 is 0 Å². The minimum absolute atomic E-state index is 0.0837. The molecular weight excluding hydrogens is 364 g/mol. The second-order valence-electron chi connectivity index (χ2n) is 7.54. The van der Waals surface area contributed by atoms with Gasteiger partial charge in [-0.25, -0.2) is 5.43 Å². The smallest absolute Gasteiger partial charge is 0.284 e. The SMILES string of the molecule is Cc1c(C(N)=O)oc2c1/C(=N/NC(=O)c1cccc([N+](=O)[O-])c1)CC(C)(C)C2. The van der Waals surface area contributed by atoms with Crippen LogP contribution in [0, 0.1) is 22.5 Å². The quantitative estimate of drug-likeness (QED) is 0.616. The van der Waals surface area contributed by atoms with Crippen LogP contribution in [0.3, 0.4) is 0 Å². The molecule has 2 amide bonds. The maximum atomic E-state index is 12.4. The minimum atomic E-state index is -0.662. The number of carbonyl (C=O) groups is 2. The predicted octanol–water partition coefficient (Wildman–Crippen LogP) is 2.70. The molecule has 1 aromatic heterocycles. The zero-order valence-corrected chi connectivity index (χ0v) is 15.7. The van der Waals surface area contributed by atoms with Gasteiger partial charge in [-0.05, 0) is 24.8 Å². The Balaban J connectivity index is 1.94. The van der Waals surface area contributed by atoms with Gasteiger partial charge in [-0.2, -0.15) is 5.10 Å². The first-order chi connectivity index (χ1) is 13.1. The summed E-state index contributed by atoms with van der Waals surface area (Å²) in [5.74, 6) is -0.548. The first-order valence-electron chi connectivity index (χ1n) is 8.63. The normalized spacial score (nSPS) is 16.5. The number of nitrogens with zero attached hydrogens (tertiary/aromatic N) is 2. The molecular formula is C19H20N4O5. The number of nitrogens with one attached hydrogen (secondary N) is 1. The summed E-state index contributed by atoms with van der Waals surface area (Å²) in [4.78, 5) is 34.3. The number of rotatable bonds is 4. The van der Waals surface area contributed by atoms with Crippen LogP contribution >= 0.6 is 0 Å². The number of hydrogen-bond donors (Lipinski definition) is 2. The Kier molecular flexibility index (Phi) is 4.76. The van der Waals surface area contributed by atoms with Crippen LogP contribution in [0.5, 0.6) is 0 Å². The molecule has 3 rings (SSSR count). The van der Waals surface area contributed by atoms with Crippen LogP contribution in [0.2, 0.25) is 0 Å². The third-order valence-electron chi connectivity index (χ3n) is 4.63.